The van der Waals surface area contributed by atoms with Gasteiger partial charge in [0, 0.05) is 17.3 Å². The highest BCUT2D eigenvalue weighted by atomic mass is 17.2. The molecule has 0 bridgehead atoms. The van der Waals surface area contributed by atoms with E-state index in [0.717, 1.165) is 0 Å². The highest BCUT2D eigenvalue weighted by Crippen LogP contribution is 2.23. The minimum atomic E-state index is -1.09. The summed E-state index contributed by atoms with van der Waals surface area (Å²) in [5.41, 5.74) is -2.11. The molecule has 0 heterocycles. The van der Waals surface area contributed by atoms with Gasteiger partial charge in [0.1, 0.15) is 0 Å². The second-order valence-electron chi connectivity index (χ2n) is 5.83. The summed E-state index contributed by atoms with van der Waals surface area (Å²) >= 11 is 0. The fourth-order valence-corrected chi connectivity index (χ4v) is 1.79. The highest BCUT2D eigenvalue weighted by molar-refractivity contribution is 5.68. The lowest BCUT2D eigenvalue weighted by Crippen LogP contribution is -2.35. The molecule has 0 rings (SSSR count). The average Bonchev–Trinajstić information content (AvgIpc) is 2.60. The molecule has 0 aromatic carbocycles. The van der Waals surface area contributed by atoms with E-state index in [9.17, 15) is 4.79 Å². The summed E-state index contributed by atoms with van der Waals surface area (Å²) in [6.07, 6.45) is 0.616. The van der Waals surface area contributed by atoms with Gasteiger partial charge in [-0.25, -0.2) is 4.79 Å². The minimum absolute atomic E-state index is 0.0209. The molecule has 0 radical (unpaired) electrons. The van der Waals surface area contributed by atoms with Crippen molar-refractivity contribution in [1.29, 1.82) is 0 Å². The van der Waals surface area contributed by atoms with Crippen molar-refractivity contribution in [2.45, 2.75) is 25.7 Å². The highest BCUT2D eigenvalue weighted by Gasteiger charge is 2.29. The molecule has 9 heteroatoms. The normalized spacial score (nSPS) is 12.4. The van der Waals surface area contributed by atoms with Crippen LogP contribution in [-0.2, 0) is 14.6 Å². The first kappa shape index (κ1) is 22.2. The number of aliphatic hydroxyl groups is 6. The fourth-order valence-electron chi connectivity index (χ4n) is 1.79. The smallest absolute Gasteiger partial charge is 0.342 e. The van der Waals surface area contributed by atoms with Gasteiger partial charge in [0.15, 0.2) is 0 Å². The zero-order chi connectivity index (χ0) is 17.8. The largest absolute Gasteiger partial charge is 0.396 e. The third-order valence-corrected chi connectivity index (χ3v) is 3.97. The number of aliphatic hydroxyl groups excluding tert-OH is 6. The summed E-state index contributed by atoms with van der Waals surface area (Å²) in [5, 5.41) is 54.7. The lowest BCUT2D eigenvalue weighted by molar-refractivity contribution is -0.276. The summed E-state index contributed by atoms with van der Waals surface area (Å²) in [6, 6.07) is 0. The second-order valence-corrected chi connectivity index (χ2v) is 5.83. The molecule has 0 aliphatic heterocycles. The van der Waals surface area contributed by atoms with E-state index in [4.69, 9.17) is 30.6 Å². The molecule has 0 atom stereocenters. The topological polar surface area (TPSA) is 157 Å². The van der Waals surface area contributed by atoms with Gasteiger partial charge in [-0.3, -0.25) is 4.89 Å². The first-order valence-corrected chi connectivity index (χ1v) is 7.44. The standard InChI is InChI=1S/C14H28O9/c15-6-13(7-16,8-17)3-1-2-12(21)23-22-5-4-14(9-18,10-19)11-20/h15-20H,1-11H2. The molecule has 23 heavy (non-hydrogen) atoms. The number of carbonyl (C=O) groups is 1. The van der Waals surface area contributed by atoms with E-state index in [1.54, 1.807) is 0 Å². The van der Waals surface area contributed by atoms with Crippen LogP contribution >= 0.6 is 0 Å². The number of rotatable bonds is 14. The maximum Gasteiger partial charge on any atom is 0.342 e. The van der Waals surface area contributed by atoms with Crippen LogP contribution in [-0.4, -0.2) is 82.9 Å². The average molecular weight is 340 g/mol. The van der Waals surface area contributed by atoms with Gasteiger partial charge < -0.3 is 30.6 Å². The van der Waals surface area contributed by atoms with Crippen LogP contribution in [0.15, 0.2) is 0 Å². The van der Waals surface area contributed by atoms with E-state index in [1.807, 2.05) is 0 Å². The predicted octanol–water partition coefficient (Wildman–Crippen LogP) is -2.05. The Labute approximate surface area is 135 Å². The van der Waals surface area contributed by atoms with Gasteiger partial charge >= 0.3 is 5.97 Å². The van der Waals surface area contributed by atoms with Crippen LogP contribution in [0, 0.1) is 10.8 Å². The first-order chi connectivity index (χ1) is 11.0. The third-order valence-electron chi connectivity index (χ3n) is 3.97. The third kappa shape index (κ3) is 7.53. The van der Waals surface area contributed by atoms with E-state index in [0.29, 0.717) is 0 Å². The zero-order valence-electron chi connectivity index (χ0n) is 13.2. The van der Waals surface area contributed by atoms with E-state index < -0.39 is 56.4 Å². The van der Waals surface area contributed by atoms with E-state index in [-0.39, 0.29) is 32.3 Å². The van der Waals surface area contributed by atoms with Gasteiger partial charge in [0.2, 0.25) is 0 Å². The Bertz CT molecular complexity index is 297. The monoisotopic (exact) mass is 340 g/mol. The Morgan fingerprint density at radius 3 is 1.61 bits per heavy atom. The van der Waals surface area contributed by atoms with Gasteiger partial charge in [-0.05, 0) is 19.3 Å². The number of hydrogen-bond donors (Lipinski definition) is 6. The van der Waals surface area contributed by atoms with Gasteiger partial charge in [-0.2, -0.15) is 4.89 Å². The quantitative estimate of drug-likeness (QED) is 0.119. The Morgan fingerprint density at radius 2 is 1.17 bits per heavy atom. The van der Waals surface area contributed by atoms with Crippen molar-refractivity contribution in [2.75, 3.05) is 46.2 Å². The molecule has 0 saturated carbocycles. The summed E-state index contributed by atoms with van der Waals surface area (Å²) < 4.78 is 0. The minimum Gasteiger partial charge on any atom is -0.396 e. The summed E-state index contributed by atoms with van der Waals surface area (Å²) in [5.74, 6) is -0.657. The van der Waals surface area contributed by atoms with Crippen molar-refractivity contribution in [3.63, 3.8) is 0 Å². The molecule has 0 fully saturated rings. The lowest BCUT2D eigenvalue weighted by atomic mass is 9.85. The van der Waals surface area contributed by atoms with Crippen LogP contribution in [0.4, 0.5) is 0 Å². The SMILES string of the molecule is O=C(CCCC(CO)(CO)CO)OOCCC(CO)(CO)CO. The molecule has 0 aromatic rings. The van der Waals surface area contributed by atoms with E-state index in [2.05, 4.69) is 9.78 Å². The van der Waals surface area contributed by atoms with Crippen molar-refractivity contribution in [3.8, 4) is 0 Å². The molecular formula is C14H28O9. The van der Waals surface area contributed by atoms with Crippen LogP contribution in [0.25, 0.3) is 0 Å². The van der Waals surface area contributed by atoms with E-state index >= 15 is 0 Å². The Kier molecular flexibility index (Phi) is 11.3. The Hall–Kier alpha value is -0.810. The molecule has 0 aromatic heterocycles. The first-order valence-electron chi connectivity index (χ1n) is 7.44. The molecule has 0 amide bonds. The van der Waals surface area contributed by atoms with E-state index in [1.165, 1.54) is 0 Å². The van der Waals surface area contributed by atoms with Gasteiger partial charge in [0.05, 0.1) is 46.2 Å². The second kappa shape index (κ2) is 11.7. The Morgan fingerprint density at radius 1 is 0.739 bits per heavy atom. The molecule has 9 nitrogen and oxygen atoms in total. The molecule has 0 aliphatic carbocycles. The number of hydrogen-bond acceptors (Lipinski definition) is 9. The van der Waals surface area contributed by atoms with Gasteiger partial charge in [-0.1, -0.05) is 0 Å². The predicted molar refractivity (Wildman–Crippen MR) is 77.9 cm³/mol. The van der Waals surface area contributed by atoms with Crippen molar-refractivity contribution in [2.24, 2.45) is 10.8 Å². The summed E-state index contributed by atoms with van der Waals surface area (Å²) in [7, 11) is 0. The molecule has 0 unspecified atom stereocenters. The van der Waals surface area contributed by atoms with Crippen molar-refractivity contribution < 1.29 is 45.2 Å². The van der Waals surface area contributed by atoms with Crippen LogP contribution in [0.3, 0.4) is 0 Å². The maximum atomic E-state index is 11.4. The van der Waals surface area contributed by atoms with Crippen LogP contribution in [0.5, 0.6) is 0 Å². The van der Waals surface area contributed by atoms with Crippen molar-refractivity contribution >= 4 is 5.97 Å². The van der Waals surface area contributed by atoms with Crippen molar-refractivity contribution in [3.05, 3.63) is 0 Å². The lowest BCUT2D eigenvalue weighted by Gasteiger charge is -2.27. The molecule has 0 spiro atoms. The van der Waals surface area contributed by atoms with Crippen LogP contribution in [0.1, 0.15) is 25.7 Å². The van der Waals surface area contributed by atoms with Crippen LogP contribution < -0.4 is 0 Å². The summed E-state index contributed by atoms with van der Waals surface area (Å²) in [4.78, 5) is 20.6. The molecule has 138 valence electrons. The zero-order valence-corrected chi connectivity index (χ0v) is 13.2. The molecule has 0 saturated heterocycles. The Balaban J connectivity index is 3.96. The maximum absolute atomic E-state index is 11.4. The molecular weight excluding hydrogens is 312 g/mol. The fraction of sp³-hybridized carbons (Fsp3) is 0.929. The molecule has 0 aliphatic rings. The number of carbonyl (C=O) groups excluding carboxylic acids is 1. The van der Waals surface area contributed by atoms with Gasteiger partial charge in [0.25, 0.3) is 0 Å². The van der Waals surface area contributed by atoms with Crippen LogP contribution in [0.2, 0.25) is 0 Å². The summed E-state index contributed by atoms with van der Waals surface area (Å²) in [6.45, 7) is -2.55. The molecule has 6 N–H and O–H groups in total. The van der Waals surface area contributed by atoms with Gasteiger partial charge in [-0.15, -0.1) is 0 Å². The van der Waals surface area contributed by atoms with Crippen molar-refractivity contribution in [1.82, 2.24) is 0 Å².